The number of nitrogens with one attached hydrogen (secondary N) is 3. The van der Waals surface area contributed by atoms with Gasteiger partial charge in [0.15, 0.2) is 0 Å². The van der Waals surface area contributed by atoms with E-state index in [0.717, 1.165) is 78.5 Å². The zero-order valence-electron chi connectivity index (χ0n) is 22.1. The van der Waals surface area contributed by atoms with Gasteiger partial charge >= 0.3 is 0 Å². The molecule has 0 atom stereocenters. The summed E-state index contributed by atoms with van der Waals surface area (Å²) in [7, 11) is 0. The quantitative estimate of drug-likeness (QED) is 0.338. The summed E-state index contributed by atoms with van der Waals surface area (Å²) in [4.78, 5) is 4.92. The molecule has 0 aliphatic carbocycles. The smallest absolute Gasteiger partial charge is 0.0948 e. The number of rotatable bonds is 9. The summed E-state index contributed by atoms with van der Waals surface area (Å²) in [5.74, 6) is 0. The van der Waals surface area contributed by atoms with Crippen LogP contribution in [0.5, 0.6) is 0 Å². The van der Waals surface area contributed by atoms with Crippen LogP contribution in [0.15, 0.2) is 91.0 Å². The molecule has 37 heavy (non-hydrogen) atoms. The van der Waals surface area contributed by atoms with Gasteiger partial charge in [-0.1, -0.05) is 91.0 Å². The molecule has 2 saturated heterocycles. The SMILES string of the molecule is NCCN1CCNCC1.c1ccc(C(NCCN2CCNCC2)(c2ccccc2)c2ccccc2)cc1. The van der Waals surface area contributed by atoms with Crippen molar-refractivity contribution in [2.24, 2.45) is 5.73 Å². The number of nitrogens with two attached hydrogens (primary N) is 1. The first-order valence-electron chi connectivity index (χ1n) is 13.8. The number of nitrogens with zero attached hydrogens (tertiary/aromatic N) is 2. The molecule has 0 amide bonds. The molecule has 0 radical (unpaired) electrons. The molecule has 5 N–H and O–H groups in total. The van der Waals surface area contributed by atoms with E-state index < -0.39 is 0 Å². The van der Waals surface area contributed by atoms with E-state index >= 15 is 0 Å². The maximum absolute atomic E-state index is 5.40. The van der Waals surface area contributed by atoms with Crippen molar-refractivity contribution in [3.05, 3.63) is 108 Å². The van der Waals surface area contributed by atoms with Gasteiger partial charge in [0.2, 0.25) is 0 Å². The van der Waals surface area contributed by atoms with Crippen LogP contribution in [-0.2, 0) is 5.54 Å². The Kier molecular flexibility index (Phi) is 11.1. The lowest BCUT2D eigenvalue weighted by Crippen LogP contribution is -2.50. The van der Waals surface area contributed by atoms with Crippen LogP contribution in [0, 0.1) is 0 Å². The largest absolute Gasteiger partial charge is 0.329 e. The van der Waals surface area contributed by atoms with E-state index in [0.29, 0.717) is 0 Å². The lowest BCUT2D eigenvalue weighted by molar-refractivity contribution is 0.235. The summed E-state index contributed by atoms with van der Waals surface area (Å²) in [5, 5.41) is 10.7. The van der Waals surface area contributed by atoms with Crippen LogP contribution in [0.1, 0.15) is 16.7 Å². The van der Waals surface area contributed by atoms with Gasteiger partial charge in [0.25, 0.3) is 0 Å². The minimum absolute atomic E-state index is 0.363. The maximum atomic E-state index is 5.40. The van der Waals surface area contributed by atoms with Crippen LogP contribution in [0.25, 0.3) is 0 Å². The maximum Gasteiger partial charge on any atom is 0.0948 e. The van der Waals surface area contributed by atoms with Crippen molar-refractivity contribution < 1.29 is 0 Å². The summed E-state index contributed by atoms with van der Waals surface area (Å²) in [6, 6.07) is 32.5. The van der Waals surface area contributed by atoms with Crippen molar-refractivity contribution >= 4 is 0 Å². The highest BCUT2D eigenvalue weighted by Crippen LogP contribution is 2.36. The molecular formula is C31H44N6. The Labute approximate surface area is 223 Å². The van der Waals surface area contributed by atoms with E-state index in [2.05, 4.69) is 117 Å². The Hall–Kier alpha value is -2.58. The Bertz CT molecular complexity index is 887. The van der Waals surface area contributed by atoms with Gasteiger partial charge in [0, 0.05) is 78.5 Å². The van der Waals surface area contributed by atoms with Crippen LogP contribution in [0.2, 0.25) is 0 Å². The minimum Gasteiger partial charge on any atom is -0.329 e. The van der Waals surface area contributed by atoms with Crippen LogP contribution >= 0.6 is 0 Å². The third-order valence-electron chi connectivity index (χ3n) is 7.30. The average Bonchev–Trinajstić information content (AvgIpc) is 2.98. The molecule has 2 aliphatic rings. The Morgan fingerprint density at radius 2 is 0.973 bits per heavy atom. The summed E-state index contributed by atoms with van der Waals surface area (Å²) < 4.78 is 0. The predicted molar refractivity (Wildman–Crippen MR) is 155 cm³/mol. The molecule has 0 spiro atoms. The highest BCUT2D eigenvalue weighted by molar-refractivity contribution is 5.49. The Morgan fingerprint density at radius 1 is 0.595 bits per heavy atom. The van der Waals surface area contributed by atoms with Crippen LogP contribution < -0.4 is 21.7 Å². The molecule has 198 valence electrons. The third-order valence-corrected chi connectivity index (χ3v) is 7.30. The number of hydrogen-bond acceptors (Lipinski definition) is 6. The van der Waals surface area contributed by atoms with Gasteiger partial charge in [-0.2, -0.15) is 0 Å². The molecule has 0 unspecified atom stereocenters. The number of benzene rings is 3. The van der Waals surface area contributed by atoms with Crippen LogP contribution in [0.3, 0.4) is 0 Å². The van der Waals surface area contributed by atoms with Gasteiger partial charge in [-0.05, 0) is 16.7 Å². The Balaban J connectivity index is 0.000000301. The fraction of sp³-hybridized carbons (Fsp3) is 0.419. The van der Waals surface area contributed by atoms with Crippen molar-refractivity contribution in [1.29, 1.82) is 0 Å². The zero-order chi connectivity index (χ0) is 25.6. The second kappa shape index (κ2) is 15.0. The molecule has 5 rings (SSSR count). The fourth-order valence-electron chi connectivity index (χ4n) is 5.32. The molecule has 0 aromatic heterocycles. The van der Waals surface area contributed by atoms with Gasteiger partial charge in [0.1, 0.15) is 0 Å². The molecule has 2 aliphatic heterocycles. The highest BCUT2D eigenvalue weighted by Gasteiger charge is 2.35. The van der Waals surface area contributed by atoms with Crippen molar-refractivity contribution in [3.63, 3.8) is 0 Å². The first-order chi connectivity index (χ1) is 18.3. The monoisotopic (exact) mass is 500 g/mol. The van der Waals surface area contributed by atoms with Crippen molar-refractivity contribution in [3.8, 4) is 0 Å². The molecule has 2 heterocycles. The summed E-state index contributed by atoms with van der Waals surface area (Å²) in [6.07, 6.45) is 0. The van der Waals surface area contributed by atoms with Gasteiger partial charge < -0.3 is 16.4 Å². The van der Waals surface area contributed by atoms with Crippen molar-refractivity contribution in [2.45, 2.75) is 5.54 Å². The summed E-state index contributed by atoms with van der Waals surface area (Å²) in [6.45, 7) is 12.8. The van der Waals surface area contributed by atoms with E-state index in [9.17, 15) is 0 Å². The van der Waals surface area contributed by atoms with Crippen molar-refractivity contribution in [1.82, 2.24) is 25.8 Å². The molecule has 2 fully saturated rings. The molecule has 6 heteroatoms. The third kappa shape index (κ3) is 7.71. The van der Waals surface area contributed by atoms with Crippen LogP contribution in [-0.4, -0.2) is 88.3 Å². The number of hydrogen-bond donors (Lipinski definition) is 4. The van der Waals surface area contributed by atoms with Gasteiger partial charge in [-0.3, -0.25) is 15.1 Å². The first-order valence-corrected chi connectivity index (χ1v) is 13.8. The topological polar surface area (TPSA) is 68.6 Å². The summed E-state index contributed by atoms with van der Waals surface area (Å²) >= 11 is 0. The zero-order valence-corrected chi connectivity index (χ0v) is 22.1. The summed E-state index contributed by atoms with van der Waals surface area (Å²) in [5.41, 5.74) is 8.85. The van der Waals surface area contributed by atoms with Crippen molar-refractivity contribution in [2.75, 3.05) is 78.5 Å². The predicted octanol–water partition coefficient (Wildman–Crippen LogP) is 2.32. The van der Waals surface area contributed by atoms with Gasteiger partial charge in [0.05, 0.1) is 5.54 Å². The second-order valence-electron chi connectivity index (χ2n) is 9.75. The second-order valence-corrected chi connectivity index (χ2v) is 9.75. The van der Waals surface area contributed by atoms with E-state index in [1.807, 2.05) is 0 Å². The Morgan fingerprint density at radius 3 is 1.35 bits per heavy atom. The molecule has 0 saturated carbocycles. The molecule has 3 aromatic carbocycles. The van der Waals surface area contributed by atoms with Crippen LogP contribution in [0.4, 0.5) is 0 Å². The van der Waals surface area contributed by atoms with E-state index in [1.54, 1.807) is 0 Å². The van der Waals surface area contributed by atoms with E-state index in [4.69, 9.17) is 5.73 Å². The number of piperazine rings is 2. The molecule has 6 nitrogen and oxygen atoms in total. The highest BCUT2D eigenvalue weighted by atomic mass is 15.2. The molecule has 0 bridgehead atoms. The van der Waals surface area contributed by atoms with Gasteiger partial charge in [-0.15, -0.1) is 0 Å². The lowest BCUT2D eigenvalue weighted by Gasteiger charge is -2.38. The molecule has 3 aromatic rings. The standard InChI is InChI=1S/C25H29N3.C6H15N3/c1-4-10-22(11-5-1)25(23-12-6-2-7-13-23,24-14-8-3-9-15-24)27-18-21-28-19-16-26-17-20-28;7-1-4-9-5-2-8-3-6-9/h1-15,26-27H,16-21H2;8H,1-7H2. The molecular weight excluding hydrogens is 456 g/mol. The fourth-order valence-corrected chi connectivity index (χ4v) is 5.32. The van der Waals surface area contributed by atoms with Gasteiger partial charge in [-0.25, -0.2) is 0 Å². The normalized spacial score (nSPS) is 17.1. The van der Waals surface area contributed by atoms with E-state index in [-0.39, 0.29) is 5.54 Å². The minimum atomic E-state index is -0.363. The lowest BCUT2D eigenvalue weighted by atomic mass is 9.77. The first kappa shape index (κ1) is 27.5. The van der Waals surface area contributed by atoms with E-state index in [1.165, 1.54) is 16.7 Å². The average molecular weight is 501 g/mol.